The smallest absolute Gasteiger partial charge is 0.132 e. The zero-order valence-electron chi connectivity index (χ0n) is 17.1. The molecule has 7 nitrogen and oxygen atoms in total. The zero-order chi connectivity index (χ0) is 20.9. The van der Waals surface area contributed by atoms with Gasteiger partial charge < -0.3 is 20.3 Å². The number of pyridine rings is 1. The fourth-order valence-corrected chi connectivity index (χ4v) is 3.65. The number of hydrogen-bond donors (Lipinski definition) is 2. The summed E-state index contributed by atoms with van der Waals surface area (Å²) in [7, 11) is 0. The first-order valence-corrected chi connectivity index (χ1v) is 10.4. The van der Waals surface area contributed by atoms with Crippen LogP contribution in [0.15, 0.2) is 85.3 Å². The summed E-state index contributed by atoms with van der Waals surface area (Å²) in [6.45, 7) is 3.44. The standard InChI is InChI=1S/C24H24N6O/c1-2-5-23(30-13-3-11-26-30)22(4-1)27-20-10-12-25-24(18-20)28-19-6-8-21(9-7-19)29-14-16-31-17-15-29/h1-13,18H,14-17H2,(H2,25,27,28). The van der Waals surface area contributed by atoms with E-state index in [1.807, 2.05) is 53.3 Å². The van der Waals surface area contributed by atoms with Gasteiger partial charge in [-0.05, 0) is 48.5 Å². The van der Waals surface area contributed by atoms with Crippen LogP contribution in [-0.2, 0) is 4.74 Å². The van der Waals surface area contributed by atoms with Crippen molar-refractivity contribution in [2.24, 2.45) is 0 Å². The summed E-state index contributed by atoms with van der Waals surface area (Å²) in [5, 5.41) is 11.2. The van der Waals surface area contributed by atoms with Crippen LogP contribution in [0.25, 0.3) is 5.69 Å². The van der Waals surface area contributed by atoms with Gasteiger partial charge in [-0.3, -0.25) is 0 Å². The number of para-hydroxylation sites is 2. The Bertz CT molecular complexity index is 1120. The van der Waals surface area contributed by atoms with Gasteiger partial charge in [0.2, 0.25) is 0 Å². The van der Waals surface area contributed by atoms with E-state index < -0.39 is 0 Å². The largest absolute Gasteiger partial charge is 0.378 e. The van der Waals surface area contributed by atoms with Crippen molar-refractivity contribution in [3.63, 3.8) is 0 Å². The highest BCUT2D eigenvalue weighted by molar-refractivity contribution is 5.71. The van der Waals surface area contributed by atoms with Crippen molar-refractivity contribution in [2.45, 2.75) is 0 Å². The minimum atomic E-state index is 0.778. The maximum atomic E-state index is 5.43. The lowest BCUT2D eigenvalue weighted by Crippen LogP contribution is -2.36. The number of rotatable bonds is 6. The molecule has 31 heavy (non-hydrogen) atoms. The molecule has 0 amide bonds. The molecule has 4 aromatic rings. The molecule has 1 aliphatic heterocycles. The maximum absolute atomic E-state index is 5.43. The summed E-state index contributed by atoms with van der Waals surface area (Å²) in [6, 6.07) is 22.4. The molecule has 0 unspecified atom stereocenters. The van der Waals surface area contributed by atoms with E-state index in [9.17, 15) is 0 Å². The molecule has 3 heterocycles. The van der Waals surface area contributed by atoms with Crippen molar-refractivity contribution in [2.75, 3.05) is 41.8 Å². The molecular formula is C24H24N6O. The van der Waals surface area contributed by atoms with Crippen LogP contribution < -0.4 is 15.5 Å². The third-order valence-corrected chi connectivity index (χ3v) is 5.21. The Morgan fingerprint density at radius 1 is 0.806 bits per heavy atom. The zero-order valence-corrected chi connectivity index (χ0v) is 17.1. The van der Waals surface area contributed by atoms with E-state index in [1.165, 1.54) is 5.69 Å². The lowest BCUT2D eigenvalue weighted by Gasteiger charge is -2.28. The number of nitrogens with zero attached hydrogens (tertiary/aromatic N) is 4. The van der Waals surface area contributed by atoms with Crippen LogP contribution >= 0.6 is 0 Å². The number of anilines is 5. The number of nitrogens with one attached hydrogen (secondary N) is 2. The molecule has 0 atom stereocenters. The lowest BCUT2D eigenvalue weighted by molar-refractivity contribution is 0.122. The molecule has 2 N–H and O–H groups in total. The Labute approximate surface area is 181 Å². The molecule has 1 aliphatic rings. The molecule has 1 saturated heterocycles. The summed E-state index contributed by atoms with van der Waals surface area (Å²) in [6.07, 6.45) is 5.50. The summed E-state index contributed by atoms with van der Waals surface area (Å²) in [5.41, 5.74) is 5.11. The van der Waals surface area contributed by atoms with Gasteiger partial charge in [-0.2, -0.15) is 5.10 Å². The SMILES string of the molecule is c1ccc(-n2cccn2)c(Nc2ccnc(Nc3ccc(N4CCOCC4)cc3)c2)c1. The van der Waals surface area contributed by atoms with Gasteiger partial charge >= 0.3 is 0 Å². The fourth-order valence-electron chi connectivity index (χ4n) is 3.65. The Morgan fingerprint density at radius 3 is 2.45 bits per heavy atom. The third kappa shape index (κ3) is 4.51. The molecule has 5 rings (SSSR count). The number of hydrogen-bond acceptors (Lipinski definition) is 6. The van der Waals surface area contributed by atoms with Gasteiger partial charge in [0.25, 0.3) is 0 Å². The molecule has 0 aliphatic carbocycles. The molecule has 0 spiro atoms. The van der Waals surface area contributed by atoms with Crippen LogP contribution in [0.2, 0.25) is 0 Å². The predicted octanol–water partition coefficient (Wildman–Crippen LogP) is 4.59. The summed E-state index contributed by atoms with van der Waals surface area (Å²) in [5.74, 6) is 0.778. The Balaban J connectivity index is 1.30. The number of benzene rings is 2. The van der Waals surface area contributed by atoms with Crippen molar-refractivity contribution in [1.82, 2.24) is 14.8 Å². The van der Waals surface area contributed by atoms with Crippen LogP contribution in [0.3, 0.4) is 0 Å². The first-order chi connectivity index (χ1) is 15.3. The van der Waals surface area contributed by atoms with E-state index >= 15 is 0 Å². The van der Waals surface area contributed by atoms with Crippen LogP contribution in [0.1, 0.15) is 0 Å². The van der Waals surface area contributed by atoms with Gasteiger partial charge in [-0.15, -0.1) is 0 Å². The van der Waals surface area contributed by atoms with Crippen molar-refractivity contribution in [3.8, 4) is 5.69 Å². The fraction of sp³-hybridized carbons (Fsp3) is 0.167. The molecule has 2 aromatic carbocycles. The lowest BCUT2D eigenvalue weighted by atomic mass is 10.2. The van der Waals surface area contributed by atoms with Crippen molar-refractivity contribution < 1.29 is 4.74 Å². The predicted molar refractivity (Wildman–Crippen MR) is 124 cm³/mol. The maximum Gasteiger partial charge on any atom is 0.132 e. The van der Waals surface area contributed by atoms with Crippen molar-refractivity contribution in [3.05, 3.63) is 85.3 Å². The van der Waals surface area contributed by atoms with Gasteiger partial charge in [0.15, 0.2) is 0 Å². The van der Waals surface area contributed by atoms with Crippen LogP contribution in [0.5, 0.6) is 0 Å². The Hall–Kier alpha value is -3.84. The van der Waals surface area contributed by atoms with Gasteiger partial charge in [0.05, 0.1) is 24.6 Å². The van der Waals surface area contributed by atoms with E-state index in [1.54, 1.807) is 12.4 Å². The van der Waals surface area contributed by atoms with Crippen LogP contribution in [0, 0.1) is 0 Å². The van der Waals surface area contributed by atoms with E-state index in [0.717, 1.165) is 54.9 Å². The first kappa shape index (κ1) is 19.1. The quantitative estimate of drug-likeness (QED) is 0.483. The Morgan fingerprint density at radius 2 is 1.65 bits per heavy atom. The first-order valence-electron chi connectivity index (χ1n) is 10.4. The van der Waals surface area contributed by atoms with E-state index in [-0.39, 0.29) is 0 Å². The highest BCUT2D eigenvalue weighted by Crippen LogP contribution is 2.26. The molecule has 0 bridgehead atoms. The third-order valence-electron chi connectivity index (χ3n) is 5.21. The summed E-state index contributed by atoms with van der Waals surface area (Å²) < 4.78 is 7.28. The van der Waals surface area contributed by atoms with Crippen molar-refractivity contribution in [1.29, 1.82) is 0 Å². The monoisotopic (exact) mass is 412 g/mol. The van der Waals surface area contributed by atoms with Crippen LogP contribution in [-0.4, -0.2) is 41.1 Å². The molecule has 1 fully saturated rings. The second-order valence-electron chi connectivity index (χ2n) is 7.29. The minimum absolute atomic E-state index is 0.778. The highest BCUT2D eigenvalue weighted by Gasteiger charge is 2.11. The average Bonchev–Trinajstić information content (AvgIpc) is 3.36. The molecule has 0 radical (unpaired) electrons. The second kappa shape index (κ2) is 8.89. The molecule has 0 saturated carbocycles. The minimum Gasteiger partial charge on any atom is -0.378 e. The number of aromatic nitrogens is 3. The van der Waals surface area contributed by atoms with E-state index in [0.29, 0.717) is 0 Å². The topological polar surface area (TPSA) is 67.2 Å². The second-order valence-corrected chi connectivity index (χ2v) is 7.29. The van der Waals surface area contributed by atoms with Gasteiger partial charge in [0.1, 0.15) is 5.82 Å². The summed E-state index contributed by atoms with van der Waals surface area (Å²) >= 11 is 0. The number of morpholine rings is 1. The normalized spacial score (nSPS) is 13.7. The van der Waals surface area contributed by atoms with Crippen molar-refractivity contribution >= 4 is 28.6 Å². The van der Waals surface area contributed by atoms with E-state index in [4.69, 9.17) is 4.74 Å². The molecule has 2 aromatic heterocycles. The van der Waals surface area contributed by atoms with Crippen LogP contribution in [0.4, 0.5) is 28.6 Å². The van der Waals surface area contributed by atoms with E-state index in [2.05, 4.69) is 49.9 Å². The highest BCUT2D eigenvalue weighted by atomic mass is 16.5. The number of ether oxygens (including phenoxy) is 1. The Kier molecular flexibility index (Phi) is 5.49. The average molecular weight is 412 g/mol. The van der Waals surface area contributed by atoms with Gasteiger partial charge in [-0.1, -0.05) is 12.1 Å². The van der Waals surface area contributed by atoms with Gasteiger partial charge in [0, 0.05) is 54.8 Å². The molecular weight excluding hydrogens is 388 g/mol. The molecule has 7 heteroatoms. The summed E-state index contributed by atoms with van der Waals surface area (Å²) in [4.78, 5) is 6.81. The van der Waals surface area contributed by atoms with Gasteiger partial charge in [-0.25, -0.2) is 9.67 Å². The molecule has 156 valence electrons.